The molecule has 3 aromatic rings. The fourth-order valence-corrected chi connectivity index (χ4v) is 9.17. The lowest BCUT2D eigenvalue weighted by Crippen LogP contribution is -2.54. The van der Waals surface area contributed by atoms with Crippen molar-refractivity contribution >= 4 is 64.3 Å². The standard InChI is InChI=1S/C45H54F2N10O9/c1-54-34-25-49-44(53-38(34)56(29-6-3-4-7-29)26-45(46,47)43(54)63)51-31-11-10-27(24-35(31)64-2)39(59)50-28-14-17-55(18-15-28)19-21-66-23-22-65-20-16-48-32-9-5-8-30-37(32)42(62)57(41(30)61)33-12-13-36(58)52-40(33)60/h5,8-11,24-25,28-29,33,48H,3-4,6-7,12-23,26H2,1-2H3,(H,50,59)(H,49,51,53)(H,52,58,60). The van der Waals surface area contributed by atoms with Crippen LogP contribution in [0.25, 0.3) is 0 Å². The molecule has 1 aromatic heterocycles. The molecule has 2 saturated heterocycles. The predicted octanol–water partition coefficient (Wildman–Crippen LogP) is 3.33. The molecule has 19 nitrogen and oxygen atoms in total. The summed E-state index contributed by atoms with van der Waals surface area (Å²) in [5.74, 6) is -6.61. The van der Waals surface area contributed by atoms with Gasteiger partial charge in [-0.05, 0) is 62.4 Å². The number of nitrogens with one attached hydrogen (secondary N) is 4. The number of amides is 6. The molecule has 0 radical (unpaired) electrons. The third-order valence-corrected chi connectivity index (χ3v) is 12.7. The summed E-state index contributed by atoms with van der Waals surface area (Å²) in [4.78, 5) is 91.0. The van der Waals surface area contributed by atoms with E-state index in [4.69, 9.17) is 14.2 Å². The van der Waals surface area contributed by atoms with Crippen LogP contribution >= 0.6 is 0 Å². The minimum Gasteiger partial charge on any atom is -0.495 e. The van der Waals surface area contributed by atoms with Crippen molar-refractivity contribution < 1.29 is 51.8 Å². The number of imide groups is 2. The number of hydrogen-bond donors (Lipinski definition) is 4. The maximum atomic E-state index is 15.0. The molecule has 2 aromatic carbocycles. The monoisotopic (exact) mass is 916 g/mol. The van der Waals surface area contributed by atoms with Gasteiger partial charge in [-0.3, -0.25) is 39.0 Å². The Kier molecular flexibility index (Phi) is 14.0. The lowest BCUT2D eigenvalue weighted by Gasteiger charge is -2.32. The van der Waals surface area contributed by atoms with Gasteiger partial charge in [0.1, 0.15) is 17.5 Å². The second kappa shape index (κ2) is 20.0. The first-order chi connectivity index (χ1) is 31.8. The van der Waals surface area contributed by atoms with Crippen LogP contribution in [0.1, 0.15) is 82.4 Å². The molecule has 66 heavy (non-hydrogen) atoms. The van der Waals surface area contributed by atoms with E-state index in [2.05, 4.69) is 36.1 Å². The van der Waals surface area contributed by atoms with Gasteiger partial charge >= 0.3 is 5.92 Å². The van der Waals surface area contributed by atoms with Gasteiger partial charge in [-0.2, -0.15) is 13.8 Å². The van der Waals surface area contributed by atoms with Gasteiger partial charge in [0.15, 0.2) is 5.82 Å². The Balaban J connectivity index is 0.735. The third kappa shape index (κ3) is 9.92. The van der Waals surface area contributed by atoms with E-state index in [1.807, 2.05) is 0 Å². The average Bonchev–Trinajstić information content (AvgIpc) is 3.92. The van der Waals surface area contributed by atoms with E-state index >= 15 is 8.78 Å². The number of anilines is 5. The highest BCUT2D eigenvalue weighted by Crippen LogP contribution is 2.40. The van der Waals surface area contributed by atoms with Gasteiger partial charge in [-0.25, -0.2) is 4.98 Å². The van der Waals surface area contributed by atoms with Crippen molar-refractivity contribution in [1.29, 1.82) is 0 Å². The van der Waals surface area contributed by atoms with Crippen molar-refractivity contribution in [2.75, 3.05) is 93.7 Å². The predicted molar refractivity (Wildman–Crippen MR) is 236 cm³/mol. The highest BCUT2D eigenvalue weighted by Gasteiger charge is 2.49. The van der Waals surface area contributed by atoms with Crippen molar-refractivity contribution in [2.24, 2.45) is 0 Å². The van der Waals surface area contributed by atoms with Crippen LogP contribution in [0.4, 0.5) is 37.6 Å². The summed E-state index contributed by atoms with van der Waals surface area (Å²) < 4.78 is 47.2. The molecule has 352 valence electrons. The van der Waals surface area contributed by atoms with Gasteiger partial charge in [0, 0.05) is 63.0 Å². The number of carbonyl (C=O) groups excluding carboxylic acids is 6. The number of nitrogens with zero attached hydrogens (tertiary/aromatic N) is 6. The second-order valence-electron chi connectivity index (χ2n) is 17.0. The molecule has 4 N–H and O–H groups in total. The highest BCUT2D eigenvalue weighted by molar-refractivity contribution is 6.25. The lowest BCUT2D eigenvalue weighted by molar-refractivity contribution is -0.140. The Hall–Kier alpha value is -6.32. The number of aromatic nitrogens is 2. The van der Waals surface area contributed by atoms with Crippen molar-refractivity contribution in [3.05, 3.63) is 59.3 Å². The smallest absolute Gasteiger partial charge is 0.342 e. The Morgan fingerprint density at radius 2 is 1.68 bits per heavy atom. The van der Waals surface area contributed by atoms with Crippen molar-refractivity contribution in [3.8, 4) is 5.75 Å². The van der Waals surface area contributed by atoms with Gasteiger partial charge in [0.2, 0.25) is 17.8 Å². The zero-order valence-corrected chi connectivity index (χ0v) is 36.9. The SMILES string of the molecule is COc1cc(C(=O)NC2CCN(CCOCCOCCNc3cccc4c3C(=O)N(C3CCC(=O)NC3=O)C4=O)CC2)ccc1Nc1ncc2c(n1)N(C1CCCC1)CC(F)(F)C(=O)N2C. The van der Waals surface area contributed by atoms with Crippen LogP contribution in [-0.4, -0.2) is 153 Å². The largest absolute Gasteiger partial charge is 0.495 e. The van der Waals surface area contributed by atoms with E-state index in [-0.39, 0.29) is 59.4 Å². The second-order valence-corrected chi connectivity index (χ2v) is 17.0. The van der Waals surface area contributed by atoms with E-state index in [0.29, 0.717) is 55.7 Å². The Morgan fingerprint density at radius 1 is 0.924 bits per heavy atom. The van der Waals surface area contributed by atoms with Gasteiger partial charge in [0.05, 0.1) is 63.1 Å². The number of benzene rings is 2. The van der Waals surface area contributed by atoms with Gasteiger partial charge in [-0.15, -0.1) is 0 Å². The van der Waals surface area contributed by atoms with E-state index < -0.39 is 48.0 Å². The maximum Gasteiger partial charge on any atom is 0.342 e. The third-order valence-electron chi connectivity index (χ3n) is 12.7. The summed E-state index contributed by atoms with van der Waals surface area (Å²) in [7, 11) is 2.78. The number of rotatable bonds is 17. The Bertz CT molecular complexity index is 2360. The summed E-state index contributed by atoms with van der Waals surface area (Å²) >= 11 is 0. The molecule has 0 spiro atoms. The number of piperidine rings is 2. The number of fused-ring (bicyclic) bond motifs is 2. The molecule has 5 aliphatic rings. The molecule has 21 heteroatoms. The molecule has 8 rings (SSSR count). The number of carbonyl (C=O) groups is 6. The topological polar surface area (TPSA) is 217 Å². The van der Waals surface area contributed by atoms with Crippen molar-refractivity contribution in [2.45, 2.75) is 75.4 Å². The molecule has 1 saturated carbocycles. The summed E-state index contributed by atoms with van der Waals surface area (Å²) in [5.41, 5.74) is 1.93. The van der Waals surface area contributed by atoms with E-state index in [1.165, 1.54) is 20.4 Å². The van der Waals surface area contributed by atoms with Crippen molar-refractivity contribution in [3.63, 3.8) is 0 Å². The van der Waals surface area contributed by atoms with Crippen LogP contribution in [-0.2, 0) is 23.9 Å². The normalized spacial score (nSPS) is 20.3. The minimum absolute atomic E-state index is 0.0199. The molecule has 1 aliphatic carbocycles. The molecular weight excluding hydrogens is 863 g/mol. The molecule has 3 fully saturated rings. The van der Waals surface area contributed by atoms with Crippen LogP contribution in [0.2, 0.25) is 0 Å². The van der Waals surface area contributed by atoms with E-state index in [9.17, 15) is 28.8 Å². The molecule has 4 aliphatic heterocycles. The van der Waals surface area contributed by atoms with Crippen LogP contribution in [0.3, 0.4) is 0 Å². The fourth-order valence-electron chi connectivity index (χ4n) is 9.17. The van der Waals surface area contributed by atoms with E-state index in [1.54, 1.807) is 41.3 Å². The van der Waals surface area contributed by atoms with Crippen molar-refractivity contribution in [1.82, 2.24) is 30.4 Å². The number of ether oxygens (including phenoxy) is 3. The summed E-state index contributed by atoms with van der Waals surface area (Å²) in [6.45, 7) is 3.47. The zero-order valence-electron chi connectivity index (χ0n) is 36.9. The molecule has 5 heterocycles. The first kappa shape index (κ1) is 46.2. The van der Waals surface area contributed by atoms with Gasteiger partial charge in [0.25, 0.3) is 23.6 Å². The molecule has 1 atom stereocenters. The molecular formula is C45H54F2N10O9. The summed E-state index contributed by atoms with van der Waals surface area (Å²) in [6, 6.07) is 8.62. The average molecular weight is 917 g/mol. The van der Waals surface area contributed by atoms with Crippen LogP contribution in [0, 0.1) is 0 Å². The maximum absolute atomic E-state index is 15.0. The molecule has 1 unspecified atom stereocenters. The van der Waals surface area contributed by atoms with Crippen LogP contribution in [0.5, 0.6) is 5.75 Å². The molecule has 6 amide bonds. The fraction of sp³-hybridized carbons (Fsp3) is 0.511. The summed E-state index contributed by atoms with van der Waals surface area (Å²) in [6.07, 6.45) is 6.30. The number of alkyl halides is 2. The lowest BCUT2D eigenvalue weighted by atomic mass is 10.0. The first-order valence-electron chi connectivity index (χ1n) is 22.3. The van der Waals surface area contributed by atoms with Gasteiger partial charge in [-0.1, -0.05) is 18.9 Å². The Labute approximate surface area is 379 Å². The first-order valence-corrected chi connectivity index (χ1v) is 22.3. The van der Waals surface area contributed by atoms with Crippen LogP contribution < -0.4 is 35.8 Å². The molecule has 0 bridgehead atoms. The van der Waals surface area contributed by atoms with Crippen LogP contribution in [0.15, 0.2) is 42.6 Å². The number of hydrogen-bond acceptors (Lipinski definition) is 15. The number of halogens is 2. The highest BCUT2D eigenvalue weighted by atomic mass is 19.3. The minimum atomic E-state index is -3.59. The number of methoxy groups -OCH3 is 1. The summed E-state index contributed by atoms with van der Waals surface area (Å²) in [5, 5.41) is 11.6. The zero-order chi connectivity index (χ0) is 46.5. The van der Waals surface area contributed by atoms with Gasteiger partial charge < -0.3 is 44.9 Å². The van der Waals surface area contributed by atoms with E-state index in [0.717, 1.165) is 68.0 Å². The Morgan fingerprint density at radius 3 is 2.42 bits per heavy atom. The quantitative estimate of drug-likeness (QED) is 0.113. The number of likely N-dealkylation sites (tertiary alicyclic amines) is 1.